The Hall–Kier alpha value is -0.640. The van der Waals surface area contributed by atoms with Gasteiger partial charge in [0.2, 0.25) is 5.13 Å². The summed E-state index contributed by atoms with van der Waals surface area (Å²) in [6.45, 7) is 4.62. The van der Waals surface area contributed by atoms with Crippen LogP contribution in [0, 0.1) is 11.3 Å². The van der Waals surface area contributed by atoms with Crippen molar-refractivity contribution < 1.29 is 0 Å². The maximum atomic E-state index is 5.53. The Morgan fingerprint density at radius 2 is 2.15 bits per heavy atom. The second-order valence-corrected chi connectivity index (χ2v) is 5.57. The van der Waals surface area contributed by atoms with Gasteiger partial charge in [0.25, 0.3) is 0 Å². The van der Waals surface area contributed by atoms with Crippen LogP contribution in [-0.2, 0) is 6.42 Å². The van der Waals surface area contributed by atoms with Gasteiger partial charge in [-0.1, -0.05) is 25.2 Å². The van der Waals surface area contributed by atoms with Crippen molar-refractivity contribution in [2.45, 2.75) is 33.1 Å². The third kappa shape index (κ3) is 1.99. The van der Waals surface area contributed by atoms with E-state index in [4.69, 9.17) is 5.73 Å². The highest BCUT2D eigenvalue weighted by Gasteiger charge is 2.38. The van der Waals surface area contributed by atoms with Gasteiger partial charge < -0.3 is 5.73 Å². The molecule has 72 valence electrons. The van der Waals surface area contributed by atoms with E-state index in [1.54, 1.807) is 0 Å². The number of anilines is 1. The Labute approximate surface area is 82.4 Å². The quantitative estimate of drug-likeness (QED) is 0.807. The number of nitrogens with two attached hydrogens (primary N) is 1. The van der Waals surface area contributed by atoms with Gasteiger partial charge in [-0.05, 0) is 24.2 Å². The summed E-state index contributed by atoms with van der Waals surface area (Å²) in [7, 11) is 0. The van der Waals surface area contributed by atoms with E-state index in [1.807, 2.05) is 0 Å². The van der Waals surface area contributed by atoms with Crippen molar-refractivity contribution in [2.24, 2.45) is 11.3 Å². The first-order valence-corrected chi connectivity index (χ1v) is 5.47. The molecule has 4 heteroatoms. The summed E-state index contributed by atoms with van der Waals surface area (Å²) >= 11 is 1.52. The zero-order chi connectivity index (χ0) is 9.47. The number of rotatable bonds is 3. The lowest BCUT2D eigenvalue weighted by molar-refractivity contribution is 0.306. The predicted molar refractivity (Wildman–Crippen MR) is 54.5 cm³/mol. The van der Waals surface area contributed by atoms with E-state index in [1.165, 1.54) is 24.2 Å². The summed E-state index contributed by atoms with van der Waals surface area (Å²) < 4.78 is 0. The monoisotopic (exact) mass is 197 g/mol. The highest BCUT2D eigenvalue weighted by Crippen LogP contribution is 2.47. The van der Waals surface area contributed by atoms with Gasteiger partial charge >= 0.3 is 0 Å². The van der Waals surface area contributed by atoms with Crippen LogP contribution in [-0.4, -0.2) is 10.2 Å². The molecule has 0 amide bonds. The molecule has 1 aromatic heterocycles. The zero-order valence-corrected chi connectivity index (χ0v) is 8.90. The minimum atomic E-state index is 0.381. The van der Waals surface area contributed by atoms with Crippen molar-refractivity contribution >= 4 is 16.5 Å². The van der Waals surface area contributed by atoms with Gasteiger partial charge in [0.1, 0.15) is 5.01 Å². The van der Waals surface area contributed by atoms with Crippen LogP contribution in [0.5, 0.6) is 0 Å². The summed E-state index contributed by atoms with van der Waals surface area (Å²) in [4.78, 5) is 0. The number of aromatic nitrogens is 2. The molecule has 0 unspecified atom stereocenters. The van der Waals surface area contributed by atoms with Crippen molar-refractivity contribution in [3.05, 3.63) is 5.01 Å². The van der Waals surface area contributed by atoms with Gasteiger partial charge in [0.05, 0.1) is 0 Å². The molecule has 1 saturated carbocycles. The molecule has 0 radical (unpaired) electrons. The molecule has 1 aromatic rings. The molecule has 0 spiro atoms. The molecule has 1 aliphatic carbocycles. The first kappa shape index (κ1) is 8.94. The van der Waals surface area contributed by atoms with E-state index in [2.05, 4.69) is 24.0 Å². The normalized spacial score (nSPS) is 17.7. The van der Waals surface area contributed by atoms with Crippen LogP contribution in [0.25, 0.3) is 0 Å². The van der Waals surface area contributed by atoms with Gasteiger partial charge in [0.15, 0.2) is 0 Å². The molecular weight excluding hydrogens is 182 g/mol. The van der Waals surface area contributed by atoms with E-state index in [-0.39, 0.29) is 0 Å². The fourth-order valence-electron chi connectivity index (χ4n) is 1.74. The number of hydrogen-bond acceptors (Lipinski definition) is 4. The van der Waals surface area contributed by atoms with Crippen LogP contribution in [0.4, 0.5) is 5.13 Å². The number of nitrogens with zero attached hydrogens (tertiary/aromatic N) is 2. The Kier molecular flexibility index (Phi) is 2.02. The lowest BCUT2D eigenvalue weighted by Crippen LogP contribution is -2.17. The van der Waals surface area contributed by atoms with Crippen LogP contribution in [0.2, 0.25) is 0 Å². The maximum absolute atomic E-state index is 5.53. The minimum Gasteiger partial charge on any atom is -0.374 e. The van der Waals surface area contributed by atoms with Crippen LogP contribution >= 0.6 is 11.3 Å². The van der Waals surface area contributed by atoms with E-state index in [0.29, 0.717) is 10.5 Å². The van der Waals surface area contributed by atoms with Gasteiger partial charge in [-0.25, -0.2) is 0 Å². The highest BCUT2D eigenvalue weighted by atomic mass is 32.1. The topological polar surface area (TPSA) is 51.8 Å². The lowest BCUT2D eigenvalue weighted by Gasteiger charge is -2.22. The third-order valence-electron chi connectivity index (χ3n) is 2.77. The molecule has 2 rings (SSSR count). The first-order chi connectivity index (χ1) is 6.08. The second-order valence-electron chi connectivity index (χ2n) is 4.47. The van der Waals surface area contributed by atoms with Crippen molar-refractivity contribution in [1.29, 1.82) is 0 Å². The summed E-state index contributed by atoms with van der Waals surface area (Å²) in [6.07, 6.45) is 3.77. The molecule has 0 bridgehead atoms. The predicted octanol–water partition coefficient (Wildman–Crippen LogP) is 2.10. The Morgan fingerprint density at radius 1 is 1.46 bits per heavy atom. The molecule has 1 heterocycles. The highest BCUT2D eigenvalue weighted by molar-refractivity contribution is 7.15. The van der Waals surface area contributed by atoms with Gasteiger partial charge in [-0.2, -0.15) is 0 Å². The van der Waals surface area contributed by atoms with E-state index >= 15 is 0 Å². The molecule has 3 nitrogen and oxygen atoms in total. The molecule has 0 aliphatic heterocycles. The van der Waals surface area contributed by atoms with E-state index < -0.39 is 0 Å². The first-order valence-electron chi connectivity index (χ1n) is 4.66. The van der Waals surface area contributed by atoms with E-state index in [0.717, 1.165) is 17.3 Å². The fourth-order valence-corrected chi connectivity index (χ4v) is 2.59. The summed E-state index contributed by atoms with van der Waals surface area (Å²) in [5, 5.41) is 9.54. The van der Waals surface area contributed by atoms with Crippen LogP contribution in [0.3, 0.4) is 0 Å². The molecular formula is C9H15N3S. The van der Waals surface area contributed by atoms with Crippen molar-refractivity contribution in [3.8, 4) is 0 Å². The largest absolute Gasteiger partial charge is 0.374 e. The summed E-state index contributed by atoms with van der Waals surface area (Å²) in [5.41, 5.74) is 5.92. The van der Waals surface area contributed by atoms with Crippen molar-refractivity contribution in [2.75, 3.05) is 5.73 Å². The average molecular weight is 197 g/mol. The number of nitrogen functional groups attached to an aromatic ring is 1. The molecule has 0 atom stereocenters. The summed E-state index contributed by atoms with van der Waals surface area (Å²) in [6, 6.07) is 0. The van der Waals surface area contributed by atoms with Crippen molar-refractivity contribution in [1.82, 2.24) is 10.2 Å². The average Bonchev–Trinajstić information content (AvgIpc) is 2.78. The van der Waals surface area contributed by atoms with Crippen LogP contribution in [0.15, 0.2) is 0 Å². The van der Waals surface area contributed by atoms with Crippen molar-refractivity contribution in [3.63, 3.8) is 0 Å². The Balaban J connectivity index is 2.04. The molecule has 0 aromatic carbocycles. The van der Waals surface area contributed by atoms with Gasteiger partial charge in [-0.15, -0.1) is 10.2 Å². The molecule has 0 saturated heterocycles. The van der Waals surface area contributed by atoms with Crippen LogP contribution < -0.4 is 5.73 Å². The Morgan fingerprint density at radius 3 is 2.62 bits per heavy atom. The number of hydrogen-bond donors (Lipinski definition) is 1. The van der Waals surface area contributed by atoms with Crippen LogP contribution in [0.1, 0.15) is 31.7 Å². The smallest absolute Gasteiger partial charge is 0.203 e. The third-order valence-corrected chi connectivity index (χ3v) is 3.52. The molecule has 2 N–H and O–H groups in total. The van der Waals surface area contributed by atoms with Gasteiger partial charge in [-0.3, -0.25) is 0 Å². The maximum Gasteiger partial charge on any atom is 0.203 e. The minimum absolute atomic E-state index is 0.381. The Bertz CT molecular complexity index is 302. The zero-order valence-electron chi connectivity index (χ0n) is 8.08. The fraction of sp³-hybridized carbons (Fsp3) is 0.778. The standard InChI is InChI=1S/C9H15N3S/c1-9(2,6-3-4-6)5-7-11-12-8(10)13-7/h6H,3-5H2,1-2H3,(H2,10,12). The van der Waals surface area contributed by atoms with E-state index in [9.17, 15) is 0 Å². The lowest BCUT2D eigenvalue weighted by atomic mass is 9.84. The second kappa shape index (κ2) is 2.94. The SMILES string of the molecule is CC(C)(Cc1nnc(N)s1)C1CC1. The summed E-state index contributed by atoms with van der Waals surface area (Å²) in [5.74, 6) is 0.887. The molecule has 1 fully saturated rings. The molecule has 13 heavy (non-hydrogen) atoms. The van der Waals surface area contributed by atoms with Gasteiger partial charge in [0, 0.05) is 6.42 Å². The molecule has 1 aliphatic rings.